The summed E-state index contributed by atoms with van der Waals surface area (Å²) >= 11 is 0. The van der Waals surface area contributed by atoms with Crippen LogP contribution in [0.15, 0.2) is 18.2 Å². The van der Waals surface area contributed by atoms with Crippen molar-refractivity contribution in [2.75, 3.05) is 25.2 Å². The van der Waals surface area contributed by atoms with Gasteiger partial charge in [0.15, 0.2) is 11.6 Å². The van der Waals surface area contributed by atoms with E-state index in [-0.39, 0.29) is 23.6 Å². The predicted octanol–water partition coefficient (Wildman–Crippen LogP) is 3.00. The van der Waals surface area contributed by atoms with E-state index in [1.807, 2.05) is 13.8 Å². The maximum atomic E-state index is 13.9. The average molecular weight is 295 g/mol. The van der Waals surface area contributed by atoms with Crippen molar-refractivity contribution in [3.63, 3.8) is 0 Å². The predicted molar refractivity (Wildman–Crippen MR) is 79.1 cm³/mol. The zero-order valence-electron chi connectivity index (χ0n) is 12.8. The number of nitrogens with zero attached hydrogens (tertiary/aromatic N) is 1. The van der Waals surface area contributed by atoms with Gasteiger partial charge in [0.05, 0.1) is 7.11 Å². The van der Waals surface area contributed by atoms with Gasteiger partial charge in [-0.25, -0.2) is 4.39 Å². The van der Waals surface area contributed by atoms with Crippen LogP contribution in [0.2, 0.25) is 0 Å². The van der Waals surface area contributed by atoms with Gasteiger partial charge in [-0.2, -0.15) is 0 Å². The third-order valence-electron chi connectivity index (χ3n) is 3.74. The summed E-state index contributed by atoms with van der Waals surface area (Å²) in [5.41, 5.74) is 0.569. The van der Waals surface area contributed by atoms with Gasteiger partial charge < -0.3 is 14.4 Å². The van der Waals surface area contributed by atoms with E-state index in [0.717, 1.165) is 12.8 Å². The van der Waals surface area contributed by atoms with Gasteiger partial charge in [-0.05, 0) is 38.8 Å². The maximum absolute atomic E-state index is 13.9. The Morgan fingerprint density at radius 2 is 2.05 bits per heavy atom. The molecule has 0 aromatic heterocycles. The highest BCUT2D eigenvalue weighted by atomic mass is 19.1. The van der Waals surface area contributed by atoms with Gasteiger partial charge in [-0.3, -0.25) is 4.79 Å². The zero-order valence-corrected chi connectivity index (χ0v) is 12.8. The first-order valence-corrected chi connectivity index (χ1v) is 7.29. The number of ether oxygens (including phenoxy) is 2. The molecule has 1 fully saturated rings. The smallest absolute Gasteiger partial charge is 0.230 e. The van der Waals surface area contributed by atoms with Gasteiger partial charge in [0.2, 0.25) is 5.91 Å². The summed E-state index contributed by atoms with van der Waals surface area (Å²) in [5.74, 6) is -0.287. The molecule has 0 atom stereocenters. The van der Waals surface area contributed by atoms with E-state index < -0.39 is 5.82 Å². The molecule has 2 rings (SSSR count). The first-order chi connectivity index (χ1) is 10.0. The van der Waals surface area contributed by atoms with Crippen molar-refractivity contribution in [2.24, 2.45) is 5.92 Å². The molecular formula is C16H22FNO3. The minimum atomic E-state index is -0.458. The summed E-state index contributed by atoms with van der Waals surface area (Å²) in [4.78, 5) is 14.4. The Morgan fingerprint density at radius 3 is 2.57 bits per heavy atom. The first kappa shape index (κ1) is 15.8. The molecule has 1 amide bonds. The molecule has 0 unspecified atom stereocenters. The third kappa shape index (κ3) is 3.53. The summed E-state index contributed by atoms with van der Waals surface area (Å²) in [7, 11) is 1.42. The Bertz CT molecular complexity index is 498. The van der Waals surface area contributed by atoms with Crippen LogP contribution in [0.3, 0.4) is 0 Å². The van der Waals surface area contributed by atoms with Gasteiger partial charge in [-0.1, -0.05) is 0 Å². The van der Waals surface area contributed by atoms with Crippen molar-refractivity contribution in [3.8, 4) is 5.75 Å². The molecule has 0 aliphatic carbocycles. The molecule has 0 N–H and O–H groups in total. The first-order valence-electron chi connectivity index (χ1n) is 7.29. The van der Waals surface area contributed by atoms with Crippen LogP contribution in [0.4, 0.5) is 10.1 Å². The second kappa shape index (κ2) is 6.89. The van der Waals surface area contributed by atoms with Gasteiger partial charge in [0, 0.05) is 36.9 Å². The van der Waals surface area contributed by atoms with Crippen molar-refractivity contribution < 1.29 is 18.7 Å². The fourth-order valence-corrected chi connectivity index (χ4v) is 2.63. The van der Waals surface area contributed by atoms with E-state index >= 15 is 0 Å². The van der Waals surface area contributed by atoms with E-state index in [2.05, 4.69) is 0 Å². The van der Waals surface area contributed by atoms with E-state index in [9.17, 15) is 9.18 Å². The lowest BCUT2D eigenvalue weighted by Gasteiger charge is -2.32. The standard InChI is InChI=1S/C16H22FNO3/c1-11(2)18(16(19)12-6-8-21-9-7-12)13-4-5-15(20-3)14(17)10-13/h4-5,10-12H,6-9H2,1-3H3. The quantitative estimate of drug-likeness (QED) is 0.857. The maximum Gasteiger partial charge on any atom is 0.230 e. The fourth-order valence-electron chi connectivity index (χ4n) is 2.63. The lowest BCUT2D eigenvalue weighted by atomic mass is 9.97. The largest absolute Gasteiger partial charge is 0.494 e. The summed E-state index contributed by atoms with van der Waals surface area (Å²) in [6, 6.07) is 4.60. The minimum absolute atomic E-state index is 0.0341. The Kier molecular flexibility index (Phi) is 5.17. The number of anilines is 1. The van der Waals surface area contributed by atoms with E-state index in [1.165, 1.54) is 13.2 Å². The molecule has 116 valence electrons. The molecule has 0 saturated carbocycles. The number of hydrogen-bond acceptors (Lipinski definition) is 3. The molecule has 21 heavy (non-hydrogen) atoms. The van der Waals surface area contributed by atoms with Gasteiger partial charge in [-0.15, -0.1) is 0 Å². The van der Waals surface area contributed by atoms with Crippen molar-refractivity contribution in [3.05, 3.63) is 24.0 Å². The number of rotatable bonds is 4. The Hall–Kier alpha value is -1.62. The van der Waals surface area contributed by atoms with Crippen molar-refractivity contribution in [1.82, 2.24) is 0 Å². The van der Waals surface area contributed by atoms with Crippen LogP contribution in [0.25, 0.3) is 0 Å². The van der Waals surface area contributed by atoms with Crippen molar-refractivity contribution >= 4 is 11.6 Å². The van der Waals surface area contributed by atoms with Crippen LogP contribution in [0, 0.1) is 11.7 Å². The molecule has 0 bridgehead atoms. The molecule has 1 aliphatic rings. The molecule has 0 spiro atoms. The lowest BCUT2D eigenvalue weighted by Crippen LogP contribution is -2.42. The normalized spacial score (nSPS) is 16.0. The van der Waals surface area contributed by atoms with E-state index in [0.29, 0.717) is 18.9 Å². The summed E-state index contributed by atoms with van der Waals surface area (Å²) in [6.07, 6.45) is 1.45. The highest BCUT2D eigenvalue weighted by molar-refractivity contribution is 5.95. The molecule has 1 aromatic carbocycles. The number of hydrogen-bond donors (Lipinski definition) is 0. The molecule has 1 aromatic rings. The second-order valence-corrected chi connectivity index (χ2v) is 5.51. The lowest BCUT2D eigenvalue weighted by molar-refractivity contribution is -0.125. The zero-order chi connectivity index (χ0) is 15.4. The van der Waals surface area contributed by atoms with Crippen LogP contribution < -0.4 is 9.64 Å². The summed E-state index contributed by atoms with van der Waals surface area (Å²) in [6.45, 7) is 5.08. The van der Waals surface area contributed by atoms with E-state index in [1.54, 1.807) is 17.0 Å². The van der Waals surface area contributed by atoms with Crippen molar-refractivity contribution in [1.29, 1.82) is 0 Å². The highest BCUT2D eigenvalue weighted by Gasteiger charge is 2.29. The van der Waals surface area contributed by atoms with Crippen molar-refractivity contribution in [2.45, 2.75) is 32.7 Å². The van der Waals surface area contributed by atoms with Crippen LogP contribution in [0.1, 0.15) is 26.7 Å². The SMILES string of the molecule is COc1ccc(N(C(=O)C2CCOCC2)C(C)C)cc1F. The Balaban J connectivity index is 2.25. The van der Waals surface area contributed by atoms with E-state index in [4.69, 9.17) is 9.47 Å². The fraction of sp³-hybridized carbons (Fsp3) is 0.562. The monoisotopic (exact) mass is 295 g/mol. The number of carbonyl (C=O) groups excluding carboxylic acids is 1. The Labute approximate surface area is 124 Å². The summed E-state index contributed by atoms with van der Waals surface area (Å²) < 4.78 is 24.1. The highest BCUT2D eigenvalue weighted by Crippen LogP contribution is 2.28. The molecule has 1 heterocycles. The van der Waals surface area contributed by atoms with Gasteiger partial charge in [0.1, 0.15) is 0 Å². The average Bonchev–Trinajstić information content (AvgIpc) is 2.48. The number of benzene rings is 1. The van der Waals surface area contributed by atoms with Crippen LogP contribution in [-0.2, 0) is 9.53 Å². The molecule has 4 nitrogen and oxygen atoms in total. The van der Waals surface area contributed by atoms with Crippen LogP contribution >= 0.6 is 0 Å². The van der Waals surface area contributed by atoms with Crippen LogP contribution in [-0.4, -0.2) is 32.3 Å². The molecule has 1 aliphatic heterocycles. The number of amides is 1. The minimum Gasteiger partial charge on any atom is -0.494 e. The van der Waals surface area contributed by atoms with Gasteiger partial charge in [0.25, 0.3) is 0 Å². The summed E-state index contributed by atoms with van der Waals surface area (Å²) in [5, 5.41) is 0. The number of methoxy groups -OCH3 is 1. The van der Waals surface area contributed by atoms with Gasteiger partial charge >= 0.3 is 0 Å². The number of carbonyl (C=O) groups is 1. The molecule has 5 heteroatoms. The second-order valence-electron chi connectivity index (χ2n) is 5.51. The third-order valence-corrected chi connectivity index (χ3v) is 3.74. The Morgan fingerprint density at radius 1 is 1.38 bits per heavy atom. The van der Waals surface area contributed by atoms with Crippen LogP contribution in [0.5, 0.6) is 5.75 Å². The number of halogens is 1. The molecular weight excluding hydrogens is 273 g/mol. The molecule has 0 radical (unpaired) electrons. The molecule has 1 saturated heterocycles. The topological polar surface area (TPSA) is 38.8 Å².